The molecule has 2 nitrogen and oxygen atoms in total. The lowest BCUT2D eigenvalue weighted by atomic mass is 9.76. The molecule has 1 aromatic carbocycles. The van der Waals surface area contributed by atoms with Crippen LogP contribution in [0.4, 0.5) is 0 Å². The fourth-order valence-electron chi connectivity index (χ4n) is 2.41. The van der Waals surface area contributed by atoms with Crippen molar-refractivity contribution in [2.75, 3.05) is 13.2 Å². The molecule has 1 saturated heterocycles. The molecule has 3 heteroatoms. The van der Waals surface area contributed by atoms with Crippen LogP contribution in [0.3, 0.4) is 0 Å². The zero-order valence-electron chi connectivity index (χ0n) is 9.58. The van der Waals surface area contributed by atoms with Gasteiger partial charge in [-0.2, -0.15) is 0 Å². The molecule has 0 bridgehead atoms. The van der Waals surface area contributed by atoms with Crippen molar-refractivity contribution < 1.29 is 4.74 Å². The Morgan fingerprint density at radius 3 is 2.81 bits per heavy atom. The molecule has 1 fully saturated rings. The van der Waals surface area contributed by atoms with Gasteiger partial charge in [0, 0.05) is 23.0 Å². The van der Waals surface area contributed by atoms with Gasteiger partial charge in [0.25, 0.3) is 0 Å². The zero-order chi connectivity index (χ0) is 11.6. The average molecular weight is 284 g/mol. The Morgan fingerprint density at radius 1 is 1.50 bits per heavy atom. The second-order valence-electron chi connectivity index (χ2n) is 4.60. The Balaban J connectivity index is 2.22. The van der Waals surface area contributed by atoms with Crippen LogP contribution in [0.1, 0.15) is 18.9 Å². The van der Waals surface area contributed by atoms with Crippen LogP contribution in [0.15, 0.2) is 28.7 Å². The summed E-state index contributed by atoms with van der Waals surface area (Å²) in [7, 11) is 0. The second kappa shape index (κ2) is 4.86. The molecule has 2 atom stereocenters. The predicted octanol–water partition coefficient (Wildman–Crippen LogP) is 2.75. The highest BCUT2D eigenvalue weighted by atomic mass is 79.9. The van der Waals surface area contributed by atoms with Crippen LogP contribution in [0, 0.1) is 5.41 Å². The van der Waals surface area contributed by atoms with E-state index in [4.69, 9.17) is 10.5 Å². The third-order valence-corrected chi connectivity index (χ3v) is 4.51. The van der Waals surface area contributed by atoms with Crippen LogP contribution in [0.25, 0.3) is 0 Å². The highest BCUT2D eigenvalue weighted by Gasteiger charge is 2.40. The van der Waals surface area contributed by atoms with E-state index in [1.807, 2.05) is 6.07 Å². The number of ether oxygens (including phenoxy) is 1. The molecular weight excluding hydrogens is 266 g/mol. The molecule has 1 aliphatic rings. The van der Waals surface area contributed by atoms with E-state index in [-0.39, 0.29) is 11.5 Å². The maximum atomic E-state index is 5.96. The minimum absolute atomic E-state index is 0.115. The standard InChI is InChI=1S/C13H18BrNO/c1-10-13(9-15,6-7-16-10)8-11-4-2-3-5-12(11)14/h2-5,10H,6-9,15H2,1H3. The summed E-state index contributed by atoms with van der Waals surface area (Å²) in [6.45, 7) is 3.66. The summed E-state index contributed by atoms with van der Waals surface area (Å²) in [6.07, 6.45) is 2.31. The molecule has 2 N–H and O–H groups in total. The van der Waals surface area contributed by atoms with E-state index < -0.39 is 0 Å². The molecule has 1 heterocycles. The summed E-state index contributed by atoms with van der Waals surface area (Å²) in [5, 5.41) is 0. The van der Waals surface area contributed by atoms with Gasteiger partial charge in [0.05, 0.1) is 6.10 Å². The maximum absolute atomic E-state index is 5.96. The van der Waals surface area contributed by atoms with Gasteiger partial charge < -0.3 is 10.5 Å². The van der Waals surface area contributed by atoms with Crippen molar-refractivity contribution in [2.24, 2.45) is 11.1 Å². The largest absolute Gasteiger partial charge is 0.378 e. The molecular formula is C13H18BrNO. The van der Waals surface area contributed by atoms with Gasteiger partial charge in [-0.3, -0.25) is 0 Å². The lowest BCUT2D eigenvalue weighted by molar-refractivity contribution is 0.0673. The first-order valence-electron chi connectivity index (χ1n) is 5.73. The first-order chi connectivity index (χ1) is 7.68. The Morgan fingerprint density at radius 2 is 2.25 bits per heavy atom. The van der Waals surface area contributed by atoms with Crippen molar-refractivity contribution in [3.05, 3.63) is 34.3 Å². The monoisotopic (exact) mass is 283 g/mol. The van der Waals surface area contributed by atoms with Gasteiger partial charge in [-0.1, -0.05) is 34.1 Å². The van der Waals surface area contributed by atoms with Gasteiger partial charge in [-0.25, -0.2) is 0 Å². The average Bonchev–Trinajstić information content (AvgIpc) is 2.64. The first kappa shape index (κ1) is 12.1. The third-order valence-electron chi connectivity index (χ3n) is 3.74. The molecule has 2 unspecified atom stereocenters. The van der Waals surface area contributed by atoms with E-state index in [0.29, 0.717) is 6.54 Å². The Hall–Kier alpha value is -0.380. The van der Waals surface area contributed by atoms with E-state index in [1.165, 1.54) is 10.0 Å². The van der Waals surface area contributed by atoms with Crippen LogP contribution >= 0.6 is 15.9 Å². The summed E-state index contributed by atoms with van der Waals surface area (Å²) < 4.78 is 6.84. The molecule has 0 aromatic heterocycles. The van der Waals surface area contributed by atoms with Crippen LogP contribution in [-0.4, -0.2) is 19.3 Å². The van der Waals surface area contributed by atoms with Crippen molar-refractivity contribution in [3.8, 4) is 0 Å². The summed E-state index contributed by atoms with van der Waals surface area (Å²) in [5.74, 6) is 0. The van der Waals surface area contributed by atoms with E-state index in [0.717, 1.165) is 19.4 Å². The minimum atomic E-state index is 0.115. The third kappa shape index (κ3) is 2.17. The van der Waals surface area contributed by atoms with E-state index in [2.05, 4.69) is 41.1 Å². The predicted molar refractivity (Wildman–Crippen MR) is 69.4 cm³/mol. The molecule has 0 aliphatic carbocycles. The quantitative estimate of drug-likeness (QED) is 0.926. The summed E-state index contributed by atoms with van der Waals surface area (Å²) in [5.41, 5.74) is 7.40. The van der Waals surface area contributed by atoms with Gasteiger partial charge in [-0.05, 0) is 31.4 Å². The molecule has 16 heavy (non-hydrogen) atoms. The van der Waals surface area contributed by atoms with Crippen LogP contribution in [0.2, 0.25) is 0 Å². The molecule has 0 amide bonds. The SMILES string of the molecule is CC1OCCC1(CN)Cc1ccccc1Br. The van der Waals surface area contributed by atoms with Crippen molar-refractivity contribution in [2.45, 2.75) is 25.9 Å². The molecule has 0 radical (unpaired) electrons. The molecule has 0 spiro atoms. The number of hydrogen-bond acceptors (Lipinski definition) is 2. The summed E-state index contributed by atoms with van der Waals surface area (Å²) >= 11 is 3.60. The number of hydrogen-bond donors (Lipinski definition) is 1. The normalized spacial score (nSPS) is 29.6. The van der Waals surface area contributed by atoms with Crippen molar-refractivity contribution in [1.82, 2.24) is 0 Å². The Bertz CT molecular complexity index is 369. The molecule has 2 rings (SSSR count). The van der Waals surface area contributed by atoms with E-state index in [1.54, 1.807) is 0 Å². The molecule has 1 aliphatic heterocycles. The summed E-state index contributed by atoms with van der Waals surface area (Å²) in [4.78, 5) is 0. The zero-order valence-corrected chi connectivity index (χ0v) is 11.2. The van der Waals surface area contributed by atoms with Crippen molar-refractivity contribution in [3.63, 3.8) is 0 Å². The lowest BCUT2D eigenvalue weighted by Crippen LogP contribution is -2.38. The number of nitrogens with two attached hydrogens (primary N) is 1. The number of rotatable bonds is 3. The fourth-order valence-corrected chi connectivity index (χ4v) is 2.84. The van der Waals surface area contributed by atoms with E-state index in [9.17, 15) is 0 Å². The highest BCUT2D eigenvalue weighted by molar-refractivity contribution is 9.10. The van der Waals surface area contributed by atoms with Crippen LogP contribution < -0.4 is 5.73 Å². The molecule has 1 aromatic rings. The maximum Gasteiger partial charge on any atom is 0.0619 e. The smallest absolute Gasteiger partial charge is 0.0619 e. The van der Waals surface area contributed by atoms with Gasteiger partial charge in [-0.15, -0.1) is 0 Å². The number of benzene rings is 1. The second-order valence-corrected chi connectivity index (χ2v) is 5.45. The first-order valence-corrected chi connectivity index (χ1v) is 6.52. The summed E-state index contributed by atoms with van der Waals surface area (Å²) in [6, 6.07) is 8.36. The fraction of sp³-hybridized carbons (Fsp3) is 0.538. The topological polar surface area (TPSA) is 35.2 Å². The highest BCUT2D eigenvalue weighted by Crippen LogP contribution is 2.38. The van der Waals surface area contributed by atoms with Gasteiger partial charge in [0.15, 0.2) is 0 Å². The Labute approximate surface area is 105 Å². The van der Waals surface area contributed by atoms with Crippen molar-refractivity contribution >= 4 is 15.9 Å². The lowest BCUT2D eigenvalue weighted by Gasteiger charge is -2.31. The number of halogens is 1. The van der Waals surface area contributed by atoms with Crippen LogP contribution in [-0.2, 0) is 11.2 Å². The van der Waals surface area contributed by atoms with Crippen molar-refractivity contribution in [1.29, 1.82) is 0 Å². The minimum Gasteiger partial charge on any atom is -0.378 e. The molecule has 0 saturated carbocycles. The van der Waals surface area contributed by atoms with Gasteiger partial charge in [0.2, 0.25) is 0 Å². The van der Waals surface area contributed by atoms with Gasteiger partial charge in [0.1, 0.15) is 0 Å². The van der Waals surface area contributed by atoms with Gasteiger partial charge >= 0.3 is 0 Å². The molecule has 88 valence electrons. The Kier molecular flexibility index (Phi) is 3.67. The van der Waals surface area contributed by atoms with E-state index >= 15 is 0 Å². The van der Waals surface area contributed by atoms with Crippen LogP contribution in [0.5, 0.6) is 0 Å².